The van der Waals surface area contributed by atoms with E-state index >= 15 is 0 Å². The van der Waals surface area contributed by atoms with Crippen LogP contribution < -0.4 is 10.6 Å². The molecule has 11 heteroatoms. The lowest BCUT2D eigenvalue weighted by Gasteiger charge is -2.26. The van der Waals surface area contributed by atoms with E-state index < -0.39 is 17.6 Å². The molecule has 0 bridgehead atoms. The van der Waals surface area contributed by atoms with Crippen molar-refractivity contribution in [3.63, 3.8) is 0 Å². The van der Waals surface area contributed by atoms with Gasteiger partial charge >= 0.3 is 12.2 Å². The quantitative estimate of drug-likeness (QED) is 0.712. The SMILES string of the molecule is NC(=O)c1cnn(C(=O)N2CCC3(CCN(Cc4ccc(N5CCCC5)cc4C(F)(F)F)C3)C2)c1. The standard InChI is InChI=1S/C24H29F3N6O2/c25-24(26,27)20-11-19(31-7-1-2-8-31)4-3-17(20)13-30-9-5-23(15-30)6-10-32(16-23)22(35)33-14-18(12-29-33)21(28)34/h3-4,11-12,14H,1-2,5-10,13,15-16H2,(H2,28,34). The molecule has 35 heavy (non-hydrogen) atoms. The van der Waals surface area contributed by atoms with E-state index in [0.29, 0.717) is 37.4 Å². The van der Waals surface area contributed by atoms with Gasteiger partial charge in [0.15, 0.2) is 0 Å². The van der Waals surface area contributed by atoms with Crippen molar-refractivity contribution >= 4 is 17.6 Å². The van der Waals surface area contributed by atoms with E-state index in [2.05, 4.69) is 10.00 Å². The van der Waals surface area contributed by atoms with Crippen LogP contribution in [0.4, 0.5) is 23.7 Å². The Kier molecular flexibility index (Phi) is 5.98. The van der Waals surface area contributed by atoms with Crippen molar-refractivity contribution in [2.24, 2.45) is 11.1 Å². The number of primary amides is 1. The number of benzene rings is 1. The molecule has 188 valence electrons. The summed E-state index contributed by atoms with van der Waals surface area (Å²) >= 11 is 0. The van der Waals surface area contributed by atoms with Crippen LogP contribution in [-0.4, -0.2) is 70.8 Å². The van der Waals surface area contributed by atoms with Crippen LogP contribution in [-0.2, 0) is 12.7 Å². The fourth-order valence-corrected chi connectivity index (χ4v) is 5.67. The van der Waals surface area contributed by atoms with Gasteiger partial charge in [0.2, 0.25) is 0 Å². The molecule has 3 aliphatic rings. The molecule has 2 amide bonds. The number of likely N-dealkylation sites (tertiary alicyclic amines) is 2. The molecule has 1 spiro atoms. The maximum Gasteiger partial charge on any atom is 0.416 e. The Balaban J connectivity index is 1.26. The highest BCUT2D eigenvalue weighted by Crippen LogP contribution is 2.41. The van der Waals surface area contributed by atoms with Crippen LogP contribution in [0.15, 0.2) is 30.6 Å². The Hall–Kier alpha value is -3.08. The molecule has 5 rings (SSSR count). The van der Waals surface area contributed by atoms with Crippen LogP contribution in [0, 0.1) is 5.41 Å². The molecule has 1 unspecified atom stereocenters. The summed E-state index contributed by atoms with van der Waals surface area (Å²) in [7, 11) is 0. The van der Waals surface area contributed by atoms with E-state index in [9.17, 15) is 22.8 Å². The lowest BCUT2D eigenvalue weighted by molar-refractivity contribution is -0.138. The molecule has 3 fully saturated rings. The van der Waals surface area contributed by atoms with E-state index in [1.54, 1.807) is 11.0 Å². The predicted molar refractivity (Wildman–Crippen MR) is 123 cm³/mol. The van der Waals surface area contributed by atoms with Gasteiger partial charge in [-0.3, -0.25) is 9.69 Å². The molecule has 2 N–H and O–H groups in total. The third kappa shape index (κ3) is 4.73. The summed E-state index contributed by atoms with van der Waals surface area (Å²) in [5, 5.41) is 3.94. The largest absolute Gasteiger partial charge is 0.416 e. The number of amides is 2. The van der Waals surface area contributed by atoms with E-state index in [0.717, 1.165) is 43.5 Å². The summed E-state index contributed by atoms with van der Waals surface area (Å²) in [6.45, 7) is 4.18. The number of carbonyl (C=O) groups excluding carboxylic acids is 2. The van der Waals surface area contributed by atoms with E-state index in [4.69, 9.17) is 5.73 Å². The number of hydrogen-bond donors (Lipinski definition) is 1. The van der Waals surface area contributed by atoms with E-state index in [1.807, 2.05) is 11.0 Å². The highest BCUT2D eigenvalue weighted by Gasteiger charge is 2.45. The van der Waals surface area contributed by atoms with Gasteiger partial charge in [-0.05, 0) is 49.9 Å². The van der Waals surface area contributed by atoms with Crippen LogP contribution in [0.5, 0.6) is 0 Å². The summed E-state index contributed by atoms with van der Waals surface area (Å²) in [6, 6.07) is 4.40. The van der Waals surface area contributed by atoms with Crippen molar-refractivity contribution in [1.29, 1.82) is 0 Å². The van der Waals surface area contributed by atoms with Gasteiger partial charge in [-0.15, -0.1) is 0 Å². The van der Waals surface area contributed by atoms with Gasteiger partial charge < -0.3 is 15.5 Å². The third-order valence-electron chi connectivity index (χ3n) is 7.55. The van der Waals surface area contributed by atoms with E-state index in [-0.39, 0.29) is 23.6 Å². The smallest absolute Gasteiger partial charge is 0.372 e. The average molecular weight is 491 g/mol. The first kappa shape index (κ1) is 23.7. The molecule has 1 aromatic heterocycles. The first-order valence-electron chi connectivity index (χ1n) is 11.9. The number of nitrogens with two attached hydrogens (primary N) is 1. The molecule has 1 atom stereocenters. The van der Waals surface area contributed by atoms with Gasteiger partial charge in [0, 0.05) is 56.6 Å². The van der Waals surface area contributed by atoms with Crippen molar-refractivity contribution < 1.29 is 22.8 Å². The maximum absolute atomic E-state index is 13.9. The zero-order chi connectivity index (χ0) is 24.8. The zero-order valence-electron chi connectivity index (χ0n) is 19.4. The molecule has 0 radical (unpaired) electrons. The molecule has 2 aromatic rings. The van der Waals surface area contributed by atoms with Crippen LogP contribution >= 0.6 is 0 Å². The van der Waals surface area contributed by atoms with Gasteiger partial charge in [0.25, 0.3) is 5.91 Å². The Morgan fingerprint density at radius 1 is 1.06 bits per heavy atom. The zero-order valence-corrected chi connectivity index (χ0v) is 19.4. The number of anilines is 1. The van der Waals surface area contributed by atoms with Crippen molar-refractivity contribution in [3.8, 4) is 0 Å². The number of hydrogen-bond acceptors (Lipinski definition) is 5. The number of nitrogens with zero attached hydrogens (tertiary/aromatic N) is 5. The van der Waals surface area contributed by atoms with E-state index in [1.165, 1.54) is 18.5 Å². The Morgan fingerprint density at radius 3 is 2.49 bits per heavy atom. The molecular weight excluding hydrogens is 461 g/mol. The van der Waals surface area contributed by atoms with Gasteiger partial charge in [-0.25, -0.2) is 4.79 Å². The summed E-state index contributed by atoms with van der Waals surface area (Å²) in [4.78, 5) is 29.9. The second kappa shape index (κ2) is 8.85. The predicted octanol–water partition coefficient (Wildman–Crippen LogP) is 3.17. The number of carbonyl (C=O) groups is 2. The van der Waals surface area contributed by atoms with Crippen LogP contribution in [0.25, 0.3) is 0 Å². The first-order chi connectivity index (χ1) is 16.6. The number of aromatic nitrogens is 2. The third-order valence-corrected chi connectivity index (χ3v) is 7.55. The molecule has 3 aliphatic heterocycles. The molecule has 4 heterocycles. The summed E-state index contributed by atoms with van der Waals surface area (Å²) in [5.74, 6) is -0.653. The summed E-state index contributed by atoms with van der Waals surface area (Å²) in [6.07, 6.45) is 1.77. The van der Waals surface area contributed by atoms with Crippen LogP contribution in [0.3, 0.4) is 0 Å². The molecular formula is C24H29F3N6O2. The van der Waals surface area contributed by atoms with Crippen LogP contribution in [0.1, 0.15) is 47.2 Å². The van der Waals surface area contributed by atoms with Gasteiger partial charge in [-0.1, -0.05) is 6.07 Å². The monoisotopic (exact) mass is 490 g/mol. The maximum atomic E-state index is 13.9. The normalized spacial score (nSPS) is 23.1. The van der Waals surface area contributed by atoms with Crippen molar-refractivity contribution in [2.75, 3.05) is 44.2 Å². The average Bonchev–Trinajstić information content (AvgIpc) is 3.61. The molecule has 3 saturated heterocycles. The molecule has 8 nitrogen and oxygen atoms in total. The van der Waals surface area contributed by atoms with Crippen molar-refractivity contribution in [3.05, 3.63) is 47.3 Å². The fourth-order valence-electron chi connectivity index (χ4n) is 5.67. The number of alkyl halides is 3. The number of rotatable bonds is 4. The topological polar surface area (TPSA) is 87.7 Å². The first-order valence-corrected chi connectivity index (χ1v) is 11.9. The fraction of sp³-hybridized carbons (Fsp3) is 0.542. The molecule has 0 saturated carbocycles. The lowest BCUT2D eigenvalue weighted by Crippen LogP contribution is -2.36. The second-order valence-corrected chi connectivity index (χ2v) is 9.99. The second-order valence-electron chi connectivity index (χ2n) is 9.99. The molecule has 1 aromatic carbocycles. The highest BCUT2D eigenvalue weighted by molar-refractivity contribution is 5.93. The van der Waals surface area contributed by atoms with Gasteiger partial charge in [0.05, 0.1) is 17.3 Å². The summed E-state index contributed by atoms with van der Waals surface area (Å²) in [5.41, 5.74) is 5.62. The Morgan fingerprint density at radius 2 is 1.80 bits per heavy atom. The minimum Gasteiger partial charge on any atom is -0.372 e. The minimum absolute atomic E-state index is 0.150. The Bertz CT molecular complexity index is 1130. The number of halogens is 3. The molecule has 0 aliphatic carbocycles. The summed E-state index contributed by atoms with van der Waals surface area (Å²) < 4.78 is 42.9. The van der Waals surface area contributed by atoms with Gasteiger partial charge in [0.1, 0.15) is 0 Å². The lowest BCUT2D eigenvalue weighted by atomic mass is 9.86. The highest BCUT2D eigenvalue weighted by atomic mass is 19.4. The van der Waals surface area contributed by atoms with Gasteiger partial charge in [-0.2, -0.15) is 23.0 Å². The Labute approximate surface area is 201 Å². The van der Waals surface area contributed by atoms with Crippen molar-refractivity contribution in [1.82, 2.24) is 19.6 Å². The van der Waals surface area contributed by atoms with Crippen molar-refractivity contribution in [2.45, 2.75) is 38.4 Å². The van der Waals surface area contributed by atoms with Crippen LogP contribution in [0.2, 0.25) is 0 Å². The minimum atomic E-state index is -4.41.